The average molecular weight is 323 g/mol. The summed E-state index contributed by atoms with van der Waals surface area (Å²) in [6.07, 6.45) is 0.845. The van der Waals surface area contributed by atoms with Crippen molar-refractivity contribution in [3.63, 3.8) is 0 Å². The zero-order valence-electron chi connectivity index (χ0n) is 12.5. The van der Waals surface area contributed by atoms with Gasteiger partial charge in [0.15, 0.2) is 0 Å². The zero-order valence-corrected chi connectivity index (χ0v) is 12.5. The average Bonchev–Trinajstić information content (AvgIpc) is 2.98. The highest BCUT2D eigenvalue weighted by atomic mass is 19.4. The Morgan fingerprint density at radius 1 is 1.26 bits per heavy atom. The second-order valence-corrected chi connectivity index (χ2v) is 5.51. The molecular formula is C16H16F3N3O. The Morgan fingerprint density at radius 3 is 2.83 bits per heavy atom. The van der Waals surface area contributed by atoms with Crippen molar-refractivity contribution < 1.29 is 17.9 Å². The smallest absolute Gasteiger partial charge is 0.433 e. The molecule has 0 aliphatic carbocycles. The minimum Gasteiger partial charge on any atom is -0.488 e. The van der Waals surface area contributed by atoms with Gasteiger partial charge in [0.25, 0.3) is 0 Å². The molecule has 122 valence electrons. The van der Waals surface area contributed by atoms with Gasteiger partial charge in [-0.1, -0.05) is 0 Å². The van der Waals surface area contributed by atoms with E-state index in [1.165, 1.54) is 6.20 Å². The number of ether oxygens (including phenoxy) is 1. The van der Waals surface area contributed by atoms with E-state index in [2.05, 4.69) is 9.97 Å². The molecule has 1 saturated heterocycles. The molecule has 2 aromatic rings. The third-order valence-corrected chi connectivity index (χ3v) is 3.81. The Labute approximate surface area is 131 Å². The van der Waals surface area contributed by atoms with E-state index in [4.69, 9.17) is 4.74 Å². The third-order valence-electron chi connectivity index (χ3n) is 3.81. The van der Waals surface area contributed by atoms with E-state index in [1.807, 2.05) is 11.8 Å². The molecule has 0 N–H and O–H groups in total. The van der Waals surface area contributed by atoms with Crippen LogP contribution in [0.3, 0.4) is 0 Å². The maximum Gasteiger partial charge on any atom is 0.433 e. The second-order valence-electron chi connectivity index (χ2n) is 5.51. The number of alkyl halides is 3. The molecule has 3 heterocycles. The third kappa shape index (κ3) is 3.55. The standard InChI is InChI=1S/C16H16F3N3O/c1-11-9-20-5-3-14(11)23-13-4-7-22(10-13)12-2-6-21-15(8-12)16(17,18)19/h2-3,5-6,8-9,13H,4,7,10H2,1H3. The predicted octanol–water partition coefficient (Wildman–Crippen LogP) is 3.46. The van der Waals surface area contributed by atoms with Crippen molar-refractivity contribution in [1.29, 1.82) is 0 Å². The van der Waals surface area contributed by atoms with Gasteiger partial charge in [-0.15, -0.1) is 0 Å². The van der Waals surface area contributed by atoms with Crippen molar-refractivity contribution in [2.24, 2.45) is 0 Å². The van der Waals surface area contributed by atoms with Crippen LogP contribution in [0.2, 0.25) is 0 Å². The molecule has 0 bridgehead atoms. The number of rotatable bonds is 3. The SMILES string of the molecule is Cc1cnccc1OC1CCN(c2ccnc(C(F)(F)F)c2)C1. The number of pyridine rings is 2. The molecule has 1 atom stereocenters. The molecule has 0 amide bonds. The van der Waals surface area contributed by atoms with Gasteiger partial charge in [-0.2, -0.15) is 13.2 Å². The molecule has 1 unspecified atom stereocenters. The molecule has 0 radical (unpaired) electrons. The lowest BCUT2D eigenvalue weighted by Crippen LogP contribution is -2.25. The molecule has 1 aliphatic rings. The molecule has 7 heteroatoms. The van der Waals surface area contributed by atoms with Crippen molar-refractivity contribution >= 4 is 5.69 Å². The van der Waals surface area contributed by atoms with Gasteiger partial charge in [0.05, 0.1) is 6.54 Å². The molecule has 0 saturated carbocycles. The van der Waals surface area contributed by atoms with Gasteiger partial charge >= 0.3 is 6.18 Å². The molecule has 2 aromatic heterocycles. The van der Waals surface area contributed by atoms with E-state index in [-0.39, 0.29) is 6.10 Å². The molecule has 3 rings (SSSR count). The van der Waals surface area contributed by atoms with E-state index in [0.29, 0.717) is 18.8 Å². The van der Waals surface area contributed by atoms with Crippen LogP contribution in [-0.2, 0) is 6.18 Å². The van der Waals surface area contributed by atoms with E-state index < -0.39 is 11.9 Å². The lowest BCUT2D eigenvalue weighted by molar-refractivity contribution is -0.141. The number of aromatic nitrogens is 2. The molecule has 4 nitrogen and oxygen atoms in total. The maximum absolute atomic E-state index is 12.8. The predicted molar refractivity (Wildman–Crippen MR) is 79.5 cm³/mol. The monoisotopic (exact) mass is 323 g/mol. The zero-order chi connectivity index (χ0) is 16.4. The van der Waals surface area contributed by atoms with Gasteiger partial charge in [-0.05, 0) is 25.1 Å². The summed E-state index contributed by atoms with van der Waals surface area (Å²) >= 11 is 0. The summed E-state index contributed by atoms with van der Waals surface area (Å²) in [4.78, 5) is 9.29. The number of halogens is 3. The molecule has 1 aliphatic heterocycles. The first-order valence-electron chi connectivity index (χ1n) is 7.29. The minimum absolute atomic E-state index is 0.0568. The fraction of sp³-hybridized carbons (Fsp3) is 0.375. The van der Waals surface area contributed by atoms with Crippen molar-refractivity contribution in [2.45, 2.75) is 25.6 Å². The Balaban J connectivity index is 1.69. The Bertz CT molecular complexity index is 690. The second kappa shape index (κ2) is 6.06. The van der Waals surface area contributed by atoms with Crippen LogP contribution in [0.15, 0.2) is 36.8 Å². The van der Waals surface area contributed by atoms with Gasteiger partial charge in [-0.3, -0.25) is 9.97 Å². The molecular weight excluding hydrogens is 307 g/mol. The number of hydrogen-bond acceptors (Lipinski definition) is 4. The summed E-state index contributed by atoms with van der Waals surface area (Å²) in [6.45, 7) is 3.10. The van der Waals surface area contributed by atoms with E-state index >= 15 is 0 Å². The summed E-state index contributed by atoms with van der Waals surface area (Å²) in [7, 11) is 0. The molecule has 0 aromatic carbocycles. The van der Waals surface area contributed by atoms with Crippen molar-refractivity contribution in [2.75, 3.05) is 18.0 Å². The Morgan fingerprint density at radius 2 is 2.09 bits per heavy atom. The highest BCUT2D eigenvalue weighted by Crippen LogP contribution is 2.31. The minimum atomic E-state index is -4.43. The van der Waals surface area contributed by atoms with Crippen LogP contribution in [0, 0.1) is 6.92 Å². The lowest BCUT2D eigenvalue weighted by Gasteiger charge is -2.20. The fourth-order valence-electron chi connectivity index (χ4n) is 2.60. The first-order chi connectivity index (χ1) is 10.9. The number of aryl methyl sites for hydroxylation is 1. The van der Waals surface area contributed by atoms with Crippen molar-refractivity contribution in [1.82, 2.24) is 9.97 Å². The largest absolute Gasteiger partial charge is 0.488 e. The van der Waals surface area contributed by atoms with Gasteiger partial charge in [0, 0.05) is 42.8 Å². The normalized spacial score (nSPS) is 18.3. The van der Waals surface area contributed by atoms with Crippen LogP contribution in [0.1, 0.15) is 17.7 Å². The van der Waals surface area contributed by atoms with Crippen LogP contribution in [-0.4, -0.2) is 29.2 Å². The first-order valence-corrected chi connectivity index (χ1v) is 7.29. The van der Waals surface area contributed by atoms with Gasteiger partial charge < -0.3 is 9.64 Å². The summed E-state index contributed by atoms with van der Waals surface area (Å²) in [5, 5.41) is 0. The Hall–Kier alpha value is -2.31. The van der Waals surface area contributed by atoms with E-state index in [9.17, 15) is 13.2 Å². The maximum atomic E-state index is 12.8. The van der Waals surface area contributed by atoms with Gasteiger partial charge in [0.1, 0.15) is 17.5 Å². The van der Waals surface area contributed by atoms with E-state index in [1.54, 1.807) is 24.5 Å². The molecule has 23 heavy (non-hydrogen) atoms. The highest BCUT2D eigenvalue weighted by Gasteiger charge is 2.33. The number of nitrogens with zero attached hydrogens (tertiary/aromatic N) is 3. The highest BCUT2D eigenvalue weighted by molar-refractivity contribution is 5.48. The summed E-state index contributed by atoms with van der Waals surface area (Å²) in [5.41, 5.74) is 0.587. The van der Waals surface area contributed by atoms with Crippen LogP contribution >= 0.6 is 0 Å². The van der Waals surface area contributed by atoms with Crippen molar-refractivity contribution in [3.05, 3.63) is 48.0 Å². The van der Waals surface area contributed by atoms with Crippen LogP contribution in [0.25, 0.3) is 0 Å². The fourth-order valence-corrected chi connectivity index (χ4v) is 2.60. The summed E-state index contributed by atoms with van der Waals surface area (Å²) in [5.74, 6) is 0.762. The van der Waals surface area contributed by atoms with Crippen LogP contribution < -0.4 is 9.64 Å². The van der Waals surface area contributed by atoms with Crippen LogP contribution in [0.5, 0.6) is 5.75 Å². The molecule has 0 spiro atoms. The summed E-state index contributed by atoms with van der Waals surface area (Å²) < 4.78 is 44.2. The molecule has 1 fully saturated rings. The number of anilines is 1. The quantitative estimate of drug-likeness (QED) is 0.867. The lowest BCUT2D eigenvalue weighted by atomic mass is 10.2. The van der Waals surface area contributed by atoms with E-state index in [0.717, 1.165) is 23.8 Å². The topological polar surface area (TPSA) is 38.2 Å². The van der Waals surface area contributed by atoms with Gasteiger partial charge in [0.2, 0.25) is 0 Å². The summed E-state index contributed by atoms with van der Waals surface area (Å²) in [6, 6.07) is 4.47. The Kier molecular flexibility index (Phi) is 4.11. The number of hydrogen-bond donors (Lipinski definition) is 0. The van der Waals surface area contributed by atoms with Gasteiger partial charge in [-0.25, -0.2) is 0 Å². The van der Waals surface area contributed by atoms with Crippen molar-refractivity contribution in [3.8, 4) is 5.75 Å². The first kappa shape index (κ1) is 15.6. The van der Waals surface area contributed by atoms with Crippen LogP contribution in [0.4, 0.5) is 18.9 Å².